The average Bonchev–Trinajstić information content (AvgIpc) is 2.92. The zero-order valence-corrected chi connectivity index (χ0v) is 15.3. The molecule has 1 saturated carbocycles. The lowest BCUT2D eigenvalue weighted by Gasteiger charge is -2.16. The van der Waals surface area contributed by atoms with Crippen molar-refractivity contribution in [2.75, 3.05) is 17.2 Å². The molecule has 1 aliphatic rings. The van der Waals surface area contributed by atoms with Gasteiger partial charge < -0.3 is 15.4 Å². The molecule has 1 aromatic heterocycles. The van der Waals surface area contributed by atoms with Crippen molar-refractivity contribution in [2.45, 2.75) is 44.6 Å². The van der Waals surface area contributed by atoms with Crippen molar-refractivity contribution in [3.05, 3.63) is 41.4 Å². The summed E-state index contributed by atoms with van der Waals surface area (Å²) in [6.07, 6.45) is 7.48. The number of ether oxygens (including phenoxy) is 1. The van der Waals surface area contributed by atoms with Crippen LogP contribution < -0.4 is 15.4 Å². The zero-order chi connectivity index (χ0) is 18.2. The molecule has 0 bridgehead atoms. The van der Waals surface area contributed by atoms with E-state index in [-0.39, 0.29) is 12.5 Å². The number of nitrogens with zero attached hydrogens (tertiary/aromatic N) is 2. The number of carbonyl (C=O) groups excluding carboxylic acids is 1. The van der Waals surface area contributed by atoms with Gasteiger partial charge in [0.15, 0.2) is 12.4 Å². The topological polar surface area (TPSA) is 76.1 Å². The number of amides is 1. The van der Waals surface area contributed by atoms with Crippen LogP contribution in [-0.2, 0) is 4.79 Å². The Bertz CT molecular complexity index is 698. The molecule has 1 aromatic carbocycles. The lowest BCUT2D eigenvalue weighted by molar-refractivity contribution is -0.118. The van der Waals surface area contributed by atoms with Gasteiger partial charge in [-0.15, -0.1) is 10.2 Å². The Morgan fingerprint density at radius 2 is 1.65 bits per heavy atom. The second-order valence-corrected chi connectivity index (χ2v) is 6.86. The number of aromatic nitrogens is 2. The molecular formula is C19H23ClN4O2. The highest BCUT2D eigenvalue weighted by Crippen LogP contribution is 2.20. The van der Waals surface area contributed by atoms with Crippen molar-refractivity contribution in [3.63, 3.8) is 0 Å². The summed E-state index contributed by atoms with van der Waals surface area (Å²) in [7, 11) is 0. The van der Waals surface area contributed by atoms with Gasteiger partial charge in [-0.25, -0.2) is 0 Å². The second-order valence-electron chi connectivity index (χ2n) is 6.43. The van der Waals surface area contributed by atoms with Crippen LogP contribution in [-0.4, -0.2) is 28.8 Å². The molecule has 0 unspecified atom stereocenters. The van der Waals surface area contributed by atoms with Crippen LogP contribution in [0.2, 0.25) is 5.02 Å². The minimum absolute atomic E-state index is 0.106. The van der Waals surface area contributed by atoms with E-state index in [0.29, 0.717) is 22.6 Å². The minimum Gasteiger partial charge on any atom is -0.484 e. The fourth-order valence-electron chi connectivity index (χ4n) is 2.97. The Morgan fingerprint density at radius 3 is 2.31 bits per heavy atom. The molecule has 0 radical (unpaired) electrons. The monoisotopic (exact) mass is 374 g/mol. The van der Waals surface area contributed by atoms with E-state index >= 15 is 0 Å². The SMILES string of the molecule is O=C(COc1ccc(Cl)cc1)Nc1ccc(NC2CCCCCC2)nn1. The lowest BCUT2D eigenvalue weighted by atomic mass is 10.1. The van der Waals surface area contributed by atoms with Gasteiger partial charge in [0.2, 0.25) is 0 Å². The molecular weight excluding hydrogens is 352 g/mol. The molecule has 2 aromatic rings. The van der Waals surface area contributed by atoms with Crippen LogP contribution in [0.15, 0.2) is 36.4 Å². The Kier molecular flexibility index (Phi) is 6.66. The summed E-state index contributed by atoms with van der Waals surface area (Å²) in [4.78, 5) is 11.9. The third kappa shape index (κ3) is 5.88. The molecule has 1 amide bonds. The molecule has 7 heteroatoms. The number of rotatable bonds is 6. The van der Waals surface area contributed by atoms with E-state index in [1.807, 2.05) is 6.07 Å². The lowest BCUT2D eigenvalue weighted by Crippen LogP contribution is -2.22. The first-order valence-corrected chi connectivity index (χ1v) is 9.35. The molecule has 1 fully saturated rings. The van der Waals surface area contributed by atoms with Crippen molar-refractivity contribution in [1.29, 1.82) is 0 Å². The first-order chi connectivity index (χ1) is 12.7. The van der Waals surface area contributed by atoms with Gasteiger partial charge >= 0.3 is 0 Å². The van der Waals surface area contributed by atoms with Gasteiger partial charge in [0.1, 0.15) is 11.6 Å². The molecule has 0 atom stereocenters. The highest BCUT2D eigenvalue weighted by molar-refractivity contribution is 6.30. The predicted octanol–water partition coefficient (Wildman–Crippen LogP) is 4.28. The van der Waals surface area contributed by atoms with Crippen molar-refractivity contribution < 1.29 is 9.53 Å². The molecule has 0 spiro atoms. The maximum Gasteiger partial charge on any atom is 0.263 e. The van der Waals surface area contributed by atoms with E-state index in [0.717, 1.165) is 5.82 Å². The third-order valence-electron chi connectivity index (χ3n) is 4.32. The summed E-state index contributed by atoms with van der Waals surface area (Å²) in [5.74, 6) is 1.44. The Labute approximate surface area is 158 Å². The standard InChI is InChI=1S/C19H23ClN4O2/c20-14-7-9-16(10-8-14)26-13-19(25)22-18-12-11-17(23-24-18)21-15-5-3-1-2-4-6-15/h7-12,15H,1-6,13H2,(H,21,23)(H,22,24,25). The van der Waals surface area contributed by atoms with E-state index in [4.69, 9.17) is 16.3 Å². The highest BCUT2D eigenvalue weighted by Gasteiger charge is 2.13. The minimum atomic E-state index is -0.293. The maximum absolute atomic E-state index is 11.9. The summed E-state index contributed by atoms with van der Waals surface area (Å²) in [6, 6.07) is 10.9. The molecule has 0 saturated heterocycles. The number of benzene rings is 1. The van der Waals surface area contributed by atoms with Crippen molar-refractivity contribution in [1.82, 2.24) is 10.2 Å². The zero-order valence-electron chi connectivity index (χ0n) is 14.6. The number of carbonyl (C=O) groups is 1. The molecule has 138 valence electrons. The molecule has 0 aliphatic heterocycles. The van der Waals surface area contributed by atoms with Gasteiger partial charge in [-0.3, -0.25) is 4.79 Å². The summed E-state index contributed by atoms with van der Waals surface area (Å²) in [5.41, 5.74) is 0. The number of hydrogen-bond acceptors (Lipinski definition) is 5. The van der Waals surface area contributed by atoms with Crippen molar-refractivity contribution in [2.24, 2.45) is 0 Å². The number of halogens is 1. The van der Waals surface area contributed by atoms with Crippen molar-refractivity contribution >= 4 is 29.1 Å². The van der Waals surface area contributed by atoms with Gasteiger partial charge in [0.25, 0.3) is 5.91 Å². The first kappa shape index (κ1) is 18.5. The van der Waals surface area contributed by atoms with E-state index in [1.165, 1.54) is 38.5 Å². The van der Waals surface area contributed by atoms with E-state index < -0.39 is 0 Å². The molecule has 1 heterocycles. The number of nitrogens with one attached hydrogen (secondary N) is 2. The van der Waals surface area contributed by atoms with Crippen LogP contribution >= 0.6 is 11.6 Å². The van der Waals surface area contributed by atoms with Gasteiger partial charge in [-0.05, 0) is 49.2 Å². The Hall–Kier alpha value is -2.34. The van der Waals surface area contributed by atoms with Crippen molar-refractivity contribution in [3.8, 4) is 5.75 Å². The second kappa shape index (κ2) is 9.38. The Balaban J connectivity index is 1.45. The normalized spacial score (nSPS) is 15.1. The van der Waals surface area contributed by atoms with E-state index in [9.17, 15) is 4.79 Å². The molecule has 6 nitrogen and oxygen atoms in total. The van der Waals surface area contributed by atoms with Crippen LogP contribution in [0.25, 0.3) is 0 Å². The van der Waals surface area contributed by atoms with Crippen LogP contribution in [0, 0.1) is 0 Å². The van der Waals surface area contributed by atoms with Gasteiger partial charge in [-0.2, -0.15) is 0 Å². The molecule has 2 N–H and O–H groups in total. The predicted molar refractivity (Wildman–Crippen MR) is 103 cm³/mol. The first-order valence-electron chi connectivity index (χ1n) is 8.97. The molecule has 1 aliphatic carbocycles. The summed E-state index contributed by atoms with van der Waals surface area (Å²) >= 11 is 5.81. The van der Waals surface area contributed by atoms with Crippen LogP contribution in [0.1, 0.15) is 38.5 Å². The number of anilines is 2. The van der Waals surface area contributed by atoms with Gasteiger partial charge in [0, 0.05) is 11.1 Å². The van der Waals surface area contributed by atoms with Crippen LogP contribution in [0.5, 0.6) is 5.75 Å². The Morgan fingerprint density at radius 1 is 1.00 bits per heavy atom. The average molecular weight is 375 g/mol. The fourth-order valence-corrected chi connectivity index (χ4v) is 3.09. The molecule has 26 heavy (non-hydrogen) atoms. The smallest absolute Gasteiger partial charge is 0.263 e. The highest BCUT2D eigenvalue weighted by atomic mass is 35.5. The summed E-state index contributed by atoms with van der Waals surface area (Å²) in [6.45, 7) is -0.106. The summed E-state index contributed by atoms with van der Waals surface area (Å²) < 4.78 is 5.40. The fraction of sp³-hybridized carbons (Fsp3) is 0.421. The van der Waals surface area contributed by atoms with Crippen LogP contribution in [0.3, 0.4) is 0 Å². The van der Waals surface area contributed by atoms with E-state index in [1.54, 1.807) is 30.3 Å². The third-order valence-corrected chi connectivity index (χ3v) is 4.57. The van der Waals surface area contributed by atoms with Gasteiger partial charge in [0.05, 0.1) is 0 Å². The van der Waals surface area contributed by atoms with Crippen LogP contribution in [0.4, 0.5) is 11.6 Å². The quantitative estimate of drug-likeness (QED) is 0.738. The molecule has 3 rings (SSSR count). The van der Waals surface area contributed by atoms with Gasteiger partial charge in [-0.1, -0.05) is 37.3 Å². The maximum atomic E-state index is 11.9. The van der Waals surface area contributed by atoms with E-state index in [2.05, 4.69) is 20.8 Å². The summed E-state index contributed by atoms with van der Waals surface area (Å²) in [5, 5.41) is 14.9. The number of hydrogen-bond donors (Lipinski definition) is 2. The largest absolute Gasteiger partial charge is 0.484 e.